The fourth-order valence-electron chi connectivity index (χ4n) is 0.641. The summed E-state index contributed by atoms with van der Waals surface area (Å²) in [5.41, 5.74) is 1.98. The number of rotatable bonds is 1. The van der Waals surface area contributed by atoms with E-state index < -0.39 is 0 Å². The molecular weight excluding hydrogens is 167 g/mol. The van der Waals surface area contributed by atoms with E-state index >= 15 is 0 Å². The van der Waals surface area contributed by atoms with Crippen LogP contribution in [0.2, 0.25) is 0 Å². The summed E-state index contributed by atoms with van der Waals surface area (Å²) in [6, 6.07) is 0. The van der Waals surface area contributed by atoms with Crippen LogP contribution in [-0.4, -0.2) is 21.7 Å². The average Bonchev–Trinajstić information content (AvgIpc) is 1.95. The minimum absolute atomic E-state index is 0. The van der Waals surface area contributed by atoms with Crippen LogP contribution in [0.5, 0.6) is 0 Å². The molecule has 0 aliphatic carbocycles. The summed E-state index contributed by atoms with van der Waals surface area (Å²) in [5, 5.41) is 0. The number of hydrogen-bond acceptors (Lipinski definition) is 4. The number of carbonyl (C=O) groups excluding carboxylic acids is 1. The molecule has 5 heteroatoms. The molecule has 0 saturated carbocycles. The van der Waals surface area contributed by atoms with E-state index in [1.807, 2.05) is 6.92 Å². The van der Waals surface area contributed by atoms with Gasteiger partial charge in [0.15, 0.2) is 0 Å². The maximum Gasteiger partial charge on any atom is 1.00 e. The third-order valence-corrected chi connectivity index (χ3v) is 1.43. The van der Waals surface area contributed by atoms with E-state index in [0.29, 0.717) is 5.69 Å². The van der Waals surface area contributed by atoms with Gasteiger partial charge >= 0.3 is 29.6 Å². The number of hydrogen-bond donors (Lipinski definition) is 0. The summed E-state index contributed by atoms with van der Waals surface area (Å²) < 4.78 is 0. The largest absolute Gasteiger partial charge is 1.00 e. The first-order valence-electron chi connectivity index (χ1n) is 2.92. The molecular formula is C7H8N2NaO2-. The van der Waals surface area contributed by atoms with Gasteiger partial charge in [-0.3, -0.25) is 9.97 Å². The van der Waals surface area contributed by atoms with Crippen LogP contribution < -0.4 is 29.6 Å². The van der Waals surface area contributed by atoms with Crippen molar-refractivity contribution in [3.63, 3.8) is 0 Å². The fourth-order valence-corrected chi connectivity index (χ4v) is 0.641. The Labute approximate surface area is 93.0 Å². The summed E-state index contributed by atoms with van der Waals surface area (Å²) >= 11 is 0. The van der Waals surface area contributed by atoms with E-state index in [4.69, 9.17) is 0 Å². The summed E-state index contributed by atoms with van der Waals surface area (Å²) in [6.45, 7) is 3.63. The molecule has 0 aliphatic heterocycles. The van der Waals surface area contributed by atoms with Gasteiger partial charge in [-0.2, -0.15) is 0 Å². The molecule has 1 aromatic heterocycles. The molecule has 0 fully saturated rings. The van der Waals surface area contributed by atoms with Gasteiger partial charge in [0.05, 0.1) is 0 Å². The van der Waals surface area contributed by atoms with Gasteiger partial charge in [0.2, 0.25) is 0 Å². The van der Waals surface area contributed by atoms with Gasteiger partial charge in [0.1, 0.15) is 6.33 Å². The van der Waals surface area contributed by atoms with Crippen LogP contribution in [0.3, 0.4) is 0 Å². The molecule has 1 aromatic rings. The average molecular weight is 175 g/mol. The van der Waals surface area contributed by atoms with Crippen molar-refractivity contribution in [2.75, 3.05) is 0 Å². The SMILES string of the molecule is Cc1ncnc([C-]=O)c1C.[Na+].[OH-]. The van der Waals surface area contributed by atoms with Crippen molar-refractivity contribution in [3.8, 4) is 0 Å². The van der Waals surface area contributed by atoms with E-state index in [-0.39, 0.29) is 35.0 Å². The molecule has 0 aliphatic rings. The van der Waals surface area contributed by atoms with Crippen LogP contribution in [0.4, 0.5) is 0 Å². The minimum atomic E-state index is 0. The Morgan fingerprint density at radius 3 is 2.33 bits per heavy atom. The molecule has 1 heterocycles. The normalized spacial score (nSPS) is 7.83. The quantitative estimate of drug-likeness (QED) is 0.346. The van der Waals surface area contributed by atoms with Gasteiger partial charge in [-0.05, 0) is 12.6 Å². The first kappa shape index (κ1) is 14.2. The maximum atomic E-state index is 10.2. The third-order valence-electron chi connectivity index (χ3n) is 1.43. The molecule has 0 atom stereocenters. The Morgan fingerprint density at radius 1 is 1.33 bits per heavy atom. The van der Waals surface area contributed by atoms with Crippen molar-refractivity contribution in [2.45, 2.75) is 13.8 Å². The van der Waals surface area contributed by atoms with Gasteiger partial charge in [0, 0.05) is 6.29 Å². The van der Waals surface area contributed by atoms with Crippen LogP contribution in [0, 0.1) is 13.8 Å². The first-order chi connectivity index (χ1) is 4.75. The molecule has 0 amide bonds. The molecule has 4 nitrogen and oxygen atoms in total. The number of aromatic nitrogens is 2. The number of nitrogens with zero attached hydrogens (tertiary/aromatic N) is 2. The molecule has 0 unspecified atom stereocenters. The van der Waals surface area contributed by atoms with Crippen LogP contribution in [0.25, 0.3) is 0 Å². The van der Waals surface area contributed by atoms with Crippen molar-refractivity contribution >= 4 is 6.29 Å². The second-order valence-electron chi connectivity index (χ2n) is 2.03. The van der Waals surface area contributed by atoms with Gasteiger partial charge in [0.25, 0.3) is 0 Å². The van der Waals surface area contributed by atoms with Crippen molar-refractivity contribution in [3.05, 3.63) is 23.3 Å². The van der Waals surface area contributed by atoms with Gasteiger partial charge in [-0.25, -0.2) is 0 Å². The van der Waals surface area contributed by atoms with Crippen molar-refractivity contribution in [2.24, 2.45) is 0 Å². The van der Waals surface area contributed by atoms with Crippen molar-refractivity contribution in [1.29, 1.82) is 0 Å². The zero-order valence-corrected chi connectivity index (χ0v) is 9.33. The Hall–Kier alpha value is -0.290. The van der Waals surface area contributed by atoms with Gasteiger partial charge in [-0.1, -0.05) is 5.69 Å². The third kappa shape index (κ3) is 2.98. The van der Waals surface area contributed by atoms with E-state index in [1.165, 1.54) is 6.33 Å². The van der Waals surface area contributed by atoms with Gasteiger partial charge in [-0.15, -0.1) is 12.5 Å². The van der Waals surface area contributed by atoms with Crippen LogP contribution in [0.15, 0.2) is 6.33 Å². The molecule has 0 saturated heterocycles. The second kappa shape index (κ2) is 6.25. The second-order valence-corrected chi connectivity index (χ2v) is 2.03. The van der Waals surface area contributed by atoms with Crippen LogP contribution in [-0.2, 0) is 4.79 Å². The van der Waals surface area contributed by atoms with Crippen molar-refractivity contribution in [1.82, 2.24) is 9.97 Å². The Kier molecular flexibility index (Phi) is 7.42. The topological polar surface area (TPSA) is 72.8 Å². The zero-order valence-electron chi connectivity index (χ0n) is 7.33. The summed E-state index contributed by atoms with van der Waals surface area (Å²) in [4.78, 5) is 17.8. The Morgan fingerprint density at radius 2 is 1.92 bits per heavy atom. The smallest absolute Gasteiger partial charge is 0.870 e. The standard InChI is InChI=1S/C7H7N2O.Na.H2O/c1-5-6(2)8-4-9-7(5)3-10;;/h4H,1-2H3;;1H2/q-1;+1;/p-1. The Bertz CT molecular complexity index is 266. The molecule has 1 N–H and O–H groups in total. The Balaban J connectivity index is 0. The van der Waals surface area contributed by atoms with Crippen LogP contribution >= 0.6 is 0 Å². The molecule has 0 radical (unpaired) electrons. The predicted octanol–water partition coefficient (Wildman–Crippen LogP) is -2.62. The summed E-state index contributed by atoms with van der Waals surface area (Å²) in [7, 11) is 0. The zero-order chi connectivity index (χ0) is 7.56. The van der Waals surface area contributed by atoms with Gasteiger partial charge < -0.3 is 10.3 Å². The predicted molar refractivity (Wildman–Crippen MR) is 38.2 cm³/mol. The van der Waals surface area contributed by atoms with E-state index in [9.17, 15) is 4.79 Å². The molecule has 12 heavy (non-hydrogen) atoms. The molecule has 0 spiro atoms. The van der Waals surface area contributed by atoms with E-state index in [2.05, 4.69) is 9.97 Å². The summed E-state index contributed by atoms with van der Waals surface area (Å²) in [5.74, 6) is 0. The molecule has 60 valence electrons. The van der Waals surface area contributed by atoms with E-state index in [1.54, 1.807) is 13.2 Å². The number of aryl methyl sites for hydroxylation is 1. The van der Waals surface area contributed by atoms with E-state index in [0.717, 1.165) is 11.3 Å². The summed E-state index contributed by atoms with van der Waals surface area (Å²) in [6.07, 6.45) is 3.10. The minimum Gasteiger partial charge on any atom is -0.870 e. The first-order valence-corrected chi connectivity index (χ1v) is 2.92. The molecule has 0 aromatic carbocycles. The molecule has 1 rings (SSSR count). The maximum absolute atomic E-state index is 10.2. The van der Waals surface area contributed by atoms with Crippen molar-refractivity contribution < 1.29 is 39.8 Å². The fraction of sp³-hybridized carbons (Fsp3) is 0.286. The monoisotopic (exact) mass is 175 g/mol. The molecule has 0 bridgehead atoms. The van der Waals surface area contributed by atoms with Crippen LogP contribution in [0.1, 0.15) is 17.0 Å².